The minimum atomic E-state index is -0.510. The maximum absolute atomic E-state index is 11.6. The Morgan fingerprint density at radius 3 is 2.67 bits per heavy atom. The number of esters is 1. The molecule has 0 spiro atoms. The molecule has 0 bridgehead atoms. The molecule has 5 nitrogen and oxygen atoms in total. The van der Waals surface area contributed by atoms with Crippen LogP contribution < -0.4 is 0 Å². The highest BCUT2D eigenvalue weighted by atomic mass is 35.5. The number of nitriles is 1. The molecule has 0 aliphatic heterocycles. The van der Waals surface area contributed by atoms with Gasteiger partial charge in [-0.1, -0.05) is 41.9 Å². The Kier molecular flexibility index (Phi) is 5.42. The molecule has 0 N–H and O–H groups in total. The minimum absolute atomic E-state index is 0.165. The third-order valence-corrected chi connectivity index (χ3v) is 5.02. The number of hydrogen-bond acceptors (Lipinski definition) is 4. The predicted octanol–water partition coefficient (Wildman–Crippen LogP) is 5.79. The number of aromatic nitrogens is 1. The van der Waals surface area contributed by atoms with Gasteiger partial charge in [0, 0.05) is 27.7 Å². The summed E-state index contributed by atoms with van der Waals surface area (Å²) in [6, 6.07) is 20.7. The molecule has 0 radical (unpaired) electrons. The van der Waals surface area contributed by atoms with Crippen molar-refractivity contribution in [3.05, 3.63) is 94.5 Å². The van der Waals surface area contributed by atoms with E-state index in [1.54, 1.807) is 24.3 Å². The fraction of sp³-hybridized carbons (Fsp3) is 0.0833. The molecule has 2 aromatic heterocycles. The molecule has 4 rings (SSSR count). The average molecular weight is 417 g/mol. The molecule has 0 saturated carbocycles. The summed E-state index contributed by atoms with van der Waals surface area (Å²) >= 11 is 5.97. The Balaban J connectivity index is 1.73. The Bertz CT molecular complexity index is 1290. The molecule has 2 aromatic carbocycles. The number of carbonyl (C=O) groups is 1. The van der Waals surface area contributed by atoms with E-state index in [2.05, 4.69) is 6.07 Å². The smallest absolute Gasteiger partial charge is 0.373 e. The zero-order chi connectivity index (χ0) is 21.1. The van der Waals surface area contributed by atoms with Crippen LogP contribution in [-0.2, 0) is 11.3 Å². The minimum Gasteiger partial charge on any atom is -0.463 e. The van der Waals surface area contributed by atoms with Gasteiger partial charge in [-0.2, -0.15) is 5.26 Å². The summed E-state index contributed by atoms with van der Waals surface area (Å²) < 4.78 is 12.3. The number of hydrogen-bond donors (Lipinski definition) is 0. The number of furan rings is 1. The SMILES string of the molecule is COC(=O)c1ccc(Cn2cc(/C=C(/C#N)c3ccc(Cl)cc3)c3ccccc32)o1. The van der Waals surface area contributed by atoms with E-state index in [9.17, 15) is 10.1 Å². The molecule has 0 fully saturated rings. The number of benzene rings is 2. The van der Waals surface area contributed by atoms with Crippen molar-refractivity contribution in [1.82, 2.24) is 4.57 Å². The second-order valence-electron chi connectivity index (χ2n) is 6.66. The molecule has 6 heteroatoms. The zero-order valence-electron chi connectivity index (χ0n) is 16.1. The molecule has 0 atom stereocenters. The van der Waals surface area contributed by atoms with Crippen molar-refractivity contribution in [2.45, 2.75) is 6.54 Å². The second-order valence-corrected chi connectivity index (χ2v) is 7.10. The van der Waals surface area contributed by atoms with E-state index in [1.807, 2.05) is 53.2 Å². The van der Waals surface area contributed by atoms with Crippen molar-refractivity contribution in [2.75, 3.05) is 7.11 Å². The molecular weight excluding hydrogens is 400 g/mol. The Morgan fingerprint density at radius 1 is 1.17 bits per heavy atom. The van der Waals surface area contributed by atoms with E-state index < -0.39 is 5.97 Å². The molecule has 0 amide bonds. The first-order valence-electron chi connectivity index (χ1n) is 9.21. The second kappa shape index (κ2) is 8.32. The molecular formula is C24H17ClN2O3. The van der Waals surface area contributed by atoms with Crippen molar-refractivity contribution in [2.24, 2.45) is 0 Å². The fourth-order valence-corrected chi connectivity index (χ4v) is 3.45. The lowest BCUT2D eigenvalue weighted by Gasteiger charge is -2.02. The van der Waals surface area contributed by atoms with Crippen molar-refractivity contribution in [1.29, 1.82) is 5.26 Å². The van der Waals surface area contributed by atoms with Crippen LogP contribution in [0.3, 0.4) is 0 Å². The van der Waals surface area contributed by atoms with Gasteiger partial charge in [0.25, 0.3) is 0 Å². The zero-order valence-corrected chi connectivity index (χ0v) is 16.9. The number of para-hydroxylation sites is 1. The van der Waals surface area contributed by atoms with Gasteiger partial charge in [-0.05, 0) is 42.0 Å². The quantitative estimate of drug-likeness (QED) is 0.305. The lowest BCUT2D eigenvalue weighted by atomic mass is 10.0. The van der Waals surface area contributed by atoms with Crippen LogP contribution in [0.4, 0.5) is 0 Å². The summed E-state index contributed by atoms with van der Waals surface area (Å²) in [7, 11) is 1.32. The average Bonchev–Trinajstić information content (AvgIpc) is 3.38. The molecule has 0 aliphatic carbocycles. The van der Waals surface area contributed by atoms with Crippen LogP contribution in [0.5, 0.6) is 0 Å². The largest absolute Gasteiger partial charge is 0.463 e. The lowest BCUT2D eigenvalue weighted by Crippen LogP contribution is -1.99. The number of halogens is 1. The van der Waals surface area contributed by atoms with Crippen molar-refractivity contribution in [3.63, 3.8) is 0 Å². The maximum Gasteiger partial charge on any atom is 0.373 e. The van der Waals surface area contributed by atoms with Crippen LogP contribution in [0.25, 0.3) is 22.6 Å². The molecule has 2 heterocycles. The number of carbonyl (C=O) groups excluding carboxylic acids is 1. The number of ether oxygens (including phenoxy) is 1. The third kappa shape index (κ3) is 3.86. The predicted molar refractivity (Wildman–Crippen MR) is 116 cm³/mol. The first kappa shape index (κ1) is 19.6. The van der Waals surface area contributed by atoms with Crippen molar-refractivity contribution >= 4 is 40.1 Å². The van der Waals surface area contributed by atoms with Gasteiger partial charge in [0.05, 0.1) is 25.3 Å². The molecule has 148 valence electrons. The standard InChI is InChI=1S/C24H17ClN2O3/c1-29-24(28)23-11-10-20(30-23)15-27-14-18(21-4-2-3-5-22(21)27)12-17(13-26)16-6-8-19(25)9-7-16/h2-12,14H,15H2,1H3/b17-12-. The van der Waals surface area contributed by atoms with Gasteiger partial charge in [0.15, 0.2) is 0 Å². The monoisotopic (exact) mass is 416 g/mol. The van der Waals surface area contributed by atoms with E-state index in [0.717, 1.165) is 22.0 Å². The summed E-state index contributed by atoms with van der Waals surface area (Å²) in [5.74, 6) is 0.285. The Labute approximate surface area is 178 Å². The summed E-state index contributed by atoms with van der Waals surface area (Å²) in [4.78, 5) is 11.6. The lowest BCUT2D eigenvalue weighted by molar-refractivity contribution is 0.0563. The van der Waals surface area contributed by atoms with E-state index in [4.69, 9.17) is 20.8 Å². The van der Waals surface area contributed by atoms with Gasteiger partial charge >= 0.3 is 5.97 Å². The number of fused-ring (bicyclic) bond motifs is 1. The van der Waals surface area contributed by atoms with Crippen LogP contribution in [0.1, 0.15) is 27.4 Å². The van der Waals surface area contributed by atoms with Gasteiger partial charge < -0.3 is 13.7 Å². The molecule has 0 aliphatic rings. The number of rotatable bonds is 5. The summed E-state index contributed by atoms with van der Waals surface area (Å²) in [5, 5.41) is 11.3. The van der Waals surface area contributed by atoms with Crippen LogP contribution in [-0.4, -0.2) is 17.6 Å². The summed E-state index contributed by atoms with van der Waals surface area (Å²) in [6.45, 7) is 0.439. The highest BCUT2D eigenvalue weighted by molar-refractivity contribution is 6.30. The highest BCUT2D eigenvalue weighted by Crippen LogP contribution is 2.27. The Hall–Kier alpha value is -3.75. The van der Waals surface area contributed by atoms with Gasteiger partial charge in [-0.3, -0.25) is 0 Å². The van der Waals surface area contributed by atoms with E-state index in [1.165, 1.54) is 7.11 Å². The maximum atomic E-state index is 11.6. The van der Waals surface area contributed by atoms with E-state index >= 15 is 0 Å². The number of allylic oxidation sites excluding steroid dienone is 1. The van der Waals surface area contributed by atoms with Gasteiger partial charge in [-0.15, -0.1) is 0 Å². The number of nitrogens with zero attached hydrogens (tertiary/aromatic N) is 2. The number of methoxy groups -OCH3 is 1. The van der Waals surface area contributed by atoms with Crippen LogP contribution in [0.2, 0.25) is 5.02 Å². The highest BCUT2D eigenvalue weighted by Gasteiger charge is 2.14. The summed E-state index contributed by atoms with van der Waals surface area (Å²) in [6.07, 6.45) is 3.84. The third-order valence-electron chi connectivity index (χ3n) is 4.77. The topological polar surface area (TPSA) is 68.2 Å². The normalized spacial score (nSPS) is 11.4. The van der Waals surface area contributed by atoms with Crippen LogP contribution >= 0.6 is 11.6 Å². The van der Waals surface area contributed by atoms with Gasteiger partial charge in [0.1, 0.15) is 5.76 Å². The first-order chi connectivity index (χ1) is 14.6. The first-order valence-corrected chi connectivity index (χ1v) is 9.59. The van der Waals surface area contributed by atoms with Crippen LogP contribution in [0, 0.1) is 11.3 Å². The Morgan fingerprint density at radius 2 is 1.93 bits per heavy atom. The fourth-order valence-electron chi connectivity index (χ4n) is 3.33. The molecule has 0 saturated heterocycles. The van der Waals surface area contributed by atoms with E-state index in [0.29, 0.717) is 22.9 Å². The van der Waals surface area contributed by atoms with Crippen molar-refractivity contribution < 1.29 is 13.9 Å². The van der Waals surface area contributed by atoms with Crippen molar-refractivity contribution in [3.8, 4) is 6.07 Å². The van der Waals surface area contributed by atoms with E-state index in [-0.39, 0.29) is 5.76 Å². The molecule has 30 heavy (non-hydrogen) atoms. The van der Waals surface area contributed by atoms with Gasteiger partial charge in [-0.25, -0.2) is 4.79 Å². The van der Waals surface area contributed by atoms with Crippen LogP contribution in [0.15, 0.2) is 71.3 Å². The molecule has 0 unspecified atom stereocenters. The summed E-state index contributed by atoms with van der Waals surface area (Å²) in [5.41, 5.74) is 3.25. The molecule has 4 aromatic rings. The van der Waals surface area contributed by atoms with Gasteiger partial charge in [0.2, 0.25) is 5.76 Å².